The standard InChI is InChI=1S/C49H77N5O7/c1-13-33(6)46(53(10)49(59)39(31(2)3)28-42(56)45(32(4)5)52(8)9)43(60-11)29-44(57)54-25-17-20-40(54)47(61-12)34(7)41(55)27-37(26-35-18-15-14-16-19-35)48(58)51-30-36-21-23-38(50)24-22-36/h14-16,18-19,21-24,31-34,37,39-40,43,45-47H,13,17,20,25-30,50H2,1-12H3,(H,51,58)/t33-,34-,37?,39-,40-,43+,45-,46-,47+/m0/s1. The number of nitrogens with zero attached hydrogens (tertiary/aromatic N) is 3. The van der Waals surface area contributed by atoms with Crippen molar-refractivity contribution in [3.8, 4) is 0 Å². The topological polar surface area (TPSA) is 152 Å². The van der Waals surface area contributed by atoms with Crippen LogP contribution in [0, 0.1) is 35.5 Å². The van der Waals surface area contributed by atoms with E-state index in [-0.39, 0.29) is 78.4 Å². The van der Waals surface area contributed by atoms with Gasteiger partial charge in [-0.15, -0.1) is 0 Å². The van der Waals surface area contributed by atoms with E-state index in [1.807, 2.05) is 101 Å². The van der Waals surface area contributed by atoms with Crippen molar-refractivity contribution < 1.29 is 33.4 Å². The number of hydrogen-bond acceptors (Lipinski definition) is 9. The van der Waals surface area contributed by atoms with Gasteiger partial charge < -0.3 is 30.3 Å². The number of likely N-dealkylation sites (tertiary alicyclic amines) is 1. The first kappa shape index (κ1) is 51.2. The normalized spacial score (nSPS) is 18.3. The lowest BCUT2D eigenvalue weighted by molar-refractivity contribution is -0.149. The summed E-state index contributed by atoms with van der Waals surface area (Å²) in [5, 5.41) is 3.03. The number of carbonyl (C=O) groups is 5. The van der Waals surface area contributed by atoms with Gasteiger partial charge in [0.15, 0.2) is 5.78 Å². The molecular weight excluding hydrogens is 771 g/mol. The number of ketones is 2. The molecule has 1 aliphatic rings. The number of nitrogen functional groups attached to an aromatic ring is 1. The number of rotatable bonds is 25. The van der Waals surface area contributed by atoms with Gasteiger partial charge in [0.1, 0.15) is 5.78 Å². The van der Waals surface area contributed by atoms with Gasteiger partial charge in [0.05, 0.1) is 36.8 Å². The molecule has 1 heterocycles. The highest BCUT2D eigenvalue weighted by Crippen LogP contribution is 2.32. The first-order valence-electron chi connectivity index (χ1n) is 22.4. The van der Waals surface area contributed by atoms with Gasteiger partial charge in [-0.3, -0.25) is 28.9 Å². The van der Waals surface area contributed by atoms with Gasteiger partial charge in [0.25, 0.3) is 0 Å². The number of methoxy groups -OCH3 is 2. The highest BCUT2D eigenvalue weighted by molar-refractivity contribution is 5.90. The van der Waals surface area contributed by atoms with Gasteiger partial charge in [0.2, 0.25) is 17.7 Å². The number of ether oxygens (including phenoxy) is 2. The molecule has 0 spiro atoms. The third kappa shape index (κ3) is 14.2. The van der Waals surface area contributed by atoms with Crippen molar-refractivity contribution in [1.29, 1.82) is 0 Å². The summed E-state index contributed by atoms with van der Waals surface area (Å²) in [4.78, 5) is 75.8. The van der Waals surface area contributed by atoms with E-state index >= 15 is 0 Å². The summed E-state index contributed by atoms with van der Waals surface area (Å²) in [7, 11) is 8.72. The third-order valence-electron chi connectivity index (χ3n) is 13.0. The Morgan fingerprint density at radius 3 is 2.00 bits per heavy atom. The summed E-state index contributed by atoms with van der Waals surface area (Å²) in [6, 6.07) is 15.9. The second kappa shape index (κ2) is 24.5. The van der Waals surface area contributed by atoms with Crippen LogP contribution in [0.4, 0.5) is 5.69 Å². The number of anilines is 1. The van der Waals surface area contributed by atoms with Gasteiger partial charge in [-0.1, -0.05) is 97.4 Å². The molecule has 3 amide bonds. The van der Waals surface area contributed by atoms with E-state index in [0.29, 0.717) is 31.6 Å². The molecule has 0 bridgehead atoms. The number of benzene rings is 2. The maximum Gasteiger partial charge on any atom is 0.226 e. The maximum absolute atomic E-state index is 14.4. The average molecular weight is 848 g/mol. The van der Waals surface area contributed by atoms with Gasteiger partial charge >= 0.3 is 0 Å². The van der Waals surface area contributed by atoms with Crippen molar-refractivity contribution in [3.63, 3.8) is 0 Å². The minimum atomic E-state index is -0.614. The van der Waals surface area contributed by atoms with Crippen LogP contribution in [-0.2, 0) is 46.4 Å². The highest BCUT2D eigenvalue weighted by atomic mass is 16.5. The molecule has 3 rings (SSSR count). The summed E-state index contributed by atoms with van der Waals surface area (Å²) < 4.78 is 12.2. The van der Waals surface area contributed by atoms with E-state index in [9.17, 15) is 24.0 Å². The Morgan fingerprint density at radius 1 is 0.820 bits per heavy atom. The van der Waals surface area contributed by atoms with Crippen LogP contribution in [0.3, 0.4) is 0 Å². The lowest BCUT2D eigenvalue weighted by Crippen LogP contribution is -2.54. The Labute approximate surface area is 366 Å². The van der Waals surface area contributed by atoms with E-state index < -0.39 is 36.0 Å². The van der Waals surface area contributed by atoms with Crippen molar-refractivity contribution in [3.05, 3.63) is 65.7 Å². The summed E-state index contributed by atoms with van der Waals surface area (Å²) in [6.45, 7) is 14.8. The minimum absolute atomic E-state index is 0.00772. The van der Waals surface area contributed by atoms with Crippen LogP contribution >= 0.6 is 0 Å². The Hall–Kier alpha value is -4.13. The molecule has 2 aromatic carbocycles. The number of likely N-dealkylation sites (N-methyl/N-ethyl adjacent to an activating group) is 2. The van der Waals surface area contributed by atoms with Crippen LogP contribution in [0.5, 0.6) is 0 Å². The van der Waals surface area contributed by atoms with Gasteiger partial charge in [0, 0.05) is 70.6 Å². The van der Waals surface area contributed by atoms with Crippen molar-refractivity contribution in [2.24, 2.45) is 35.5 Å². The second-order valence-electron chi connectivity index (χ2n) is 18.3. The van der Waals surface area contributed by atoms with Gasteiger partial charge in [-0.2, -0.15) is 0 Å². The molecule has 1 saturated heterocycles. The Bertz CT molecular complexity index is 1690. The fraction of sp³-hybridized carbons (Fsp3) is 0.653. The van der Waals surface area contributed by atoms with Crippen molar-refractivity contribution in [2.75, 3.05) is 47.6 Å². The number of Topliss-reactive ketones (excluding diaryl/α,β-unsaturated/α-hetero) is 2. The molecule has 0 aliphatic carbocycles. The number of amides is 3. The predicted molar refractivity (Wildman–Crippen MR) is 242 cm³/mol. The lowest BCUT2D eigenvalue weighted by atomic mass is 9.83. The number of nitrogens with two attached hydrogens (primary N) is 1. The summed E-state index contributed by atoms with van der Waals surface area (Å²) in [6.07, 6.45) is 1.54. The molecule has 1 fully saturated rings. The third-order valence-corrected chi connectivity index (χ3v) is 13.0. The molecule has 3 N–H and O–H groups in total. The van der Waals surface area contributed by atoms with Crippen LogP contribution in [0.2, 0.25) is 0 Å². The van der Waals surface area contributed by atoms with Crippen LogP contribution in [-0.4, -0.2) is 116 Å². The Balaban J connectivity index is 1.79. The average Bonchev–Trinajstić information content (AvgIpc) is 3.71. The molecule has 0 saturated carbocycles. The molecule has 2 aromatic rings. The maximum atomic E-state index is 14.4. The van der Waals surface area contributed by atoms with Crippen molar-refractivity contribution in [1.82, 2.24) is 20.0 Å². The van der Waals surface area contributed by atoms with Crippen molar-refractivity contribution in [2.45, 2.75) is 130 Å². The largest absolute Gasteiger partial charge is 0.399 e. The summed E-state index contributed by atoms with van der Waals surface area (Å²) in [5.74, 6) is -2.24. The molecular formula is C49H77N5O7. The van der Waals surface area contributed by atoms with Crippen LogP contribution in [0.1, 0.15) is 98.1 Å². The zero-order chi connectivity index (χ0) is 45.6. The highest BCUT2D eigenvalue weighted by Gasteiger charge is 2.43. The smallest absolute Gasteiger partial charge is 0.226 e. The molecule has 61 heavy (non-hydrogen) atoms. The first-order chi connectivity index (χ1) is 28.9. The van der Waals surface area contributed by atoms with E-state index in [2.05, 4.69) is 19.2 Å². The van der Waals surface area contributed by atoms with Crippen LogP contribution < -0.4 is 11.1 Å². The SMILES string of the molecule is CC[C@H](C)[C@@H]([C@@H](CC(=O)N1CCC[C@H]1[C@H](OC)[C@@H](C)C(=O)CC(Cc1ccccc1)C(=O)NCc1ccc(N)cc1)OC)N(C)C(=O)[C@@H](CC(=O)[C@H](C(C)C)N(C)C)C(C)C. The fourth-order valence-electron chi connectivity index (χ4n) is 9.36. The molecule has 12 nitrogen and oxygen atoms in total. The fourth-order valence-corrected chi connectivity index (χ4v) is 9.36. The summed E-state index contributed by atoms with van der Waals surface area (Å²) >= 11 is 0. The first-order valence-corrected chi connectivity index (χ1v) is 22.4. The summed E-state index contributed by atoms with van der Waals surface area (Å²) in [5.41, 5.74) is 8.35. The van der Waals surface area contributed by atoms with E-state index in [0.717, 1.165) is 24.0 Å². The van der Waals surface area contributed by atoms with E-state index in [1.165, 1.54) is 0 Å². The van der Waals surface area contributed by atoms with Gasteiger partial charge in [-0.05, 0) is 74.4 Å². The molecule has 0 aromatic heterocycles. The molecule has 1 unspecified atom stereocenters. The zero-order valence-corrected chi connectivity index (χ0v) is 39.2. The molecule has 340 valence electrons. The van der Waals surface area contributed by atoms with E-state index in [4.69, 9.17) is 15.2 Å². The molecule has 0 radical (unpaired) electrons. The molecule has 1 aliphatic heterocycles. The molecule has 12 heteroatoms. The Kier molecular flexibility index (Phi) is 20.6. The van der Waals surface area contributed by atoms with Gasteiger partial charge in [-0.25, -0.2) is 0 Å². The van der Waals surface area contributed by atoms with Crippen molar-refractivity contribution >= 4 is 35.0 Å². The monoisotopic (exact) mass is 848 g/mol. The second-order valence-corrected chi connectivity index (χ2v) is 18.3. The number of carbonyl (C=O) groups excluding carboxylic acids is 5. The van der Waals surface area contributed by atoms with Crippen LogP contribution in [0.25, 0.3) is 0 Å². The quantitative estimate of drug-likeness (QED) is 0.108. The van der Waals surface area contributed by atoms with E-state index in [1.54, 1.807) is 38.3 Å². The predicted octanol–water partition coefficient (Wildman–Crippen LogP) is 6.44. The minimum Gasteiger partial charge on any atom is -0.399 e. The lowest BCUT2D eigenvalue weighted by Gasteiger charge is -2.41. The Morgan fingerprint density at radius 2 is 1.46 bits per heavy atom. The molecule has 9 atom stereocenters. The number of nitrogens with one attached hydrogen (secondary N) is 1. The number of hydrogen-bond donors (Lipinski definition) is 2. The zero-order valence-electron chi connectivity index (χ0n) is 39.2. The van der Waals surface area contributed by atoms with Crippen LogP contribution in [0.15, 0.2) is 54.6 Å².